The van der Waals surface area contributed by atoms with E-state index < -0.39 is 0 Å². The summed E-state index contributed by atoms with van der Waals surface area (Å²) < 4.78 is 0. The standard InChI is InChI=1S/C14H20ClN/c1-3-11-5-7-13(8-11)16-14-9-12(15)6-4-10(14)2/h4,6,9,11,13,16H,3,5,7-8H2,1-2H3. The summed E-state index contributed by atoms with van der Waals surface area (Å²) in [5, 5.41) is 4.45. The van der Waals surface area contributed by atoms with E-state index in [1.165, 1.54) is 36.9 Å². The van der Waals surface area contributed by atoms with E-state index in [0.29, 0.717) is 6.04 Å². The zero-order valence-electron chi connectivity index (χ0n) is 10.1. The first kappa shape index (κ1) is 11.8. The maximum Gasteiger partial charge on any atom is 0.0426 e. The first-order valence-corrected chi connectivity index (χ1v) is 6.59. The van der Waals surface area contributed by atoms with Gasteiger partial charge in [0.1, 0.15) is 0 Å². The van der Waals surface area contributed by atoms with Gasteiger partial charge >= 0.3 is 0 Å². The number of aryl methyl sites for hydroxylation is 1. The van der Waals surface area contributed by atoms with Crippen LogP contribution >= 0.6 is 11.6 Å². The molecule has 1 saturated carbocycles. The SMILES string of the molecule is CCC1CCC(Nc2cc(Cl)ccc2C)C1. The van der Waals surface area contributed by atoms with Gasteiger partial charge in [-0.25, -0.2) is 0 Å². The average molecular weight is 238 g/mol. The van der Waals surface area contributed by atoms with Crippen molar-refractivity contribution in [3.8, 4) is 0 Å². The van der Waals surface area contributed by atoms with E-state index in [9.17, 15) is 0 Å². The van der Waals surface area contributed by atoms with Crippen LogP contribution in [0.3, 0.4) is 0 Å². The van der Waals surface area contributed by atoms with Crippen LogP contribution in [0.4, 0.5) is 5.69 Å². The van der Waals surface area contributed by atoms with Gasteiger partial charge in [0, 0.05) is 16.8 Å². The summed E-state index contributed by atoms with van der Waals surface area (Å²) >= 11 is 6.02. The van der Waals surface area contributed by atoms with Crippen LogP contribution in [0.5, 0.6) is 0 Å². The molecule has 0 radical (unpaired) electrons. The largest absolute Gasteiger partial charge is 0.382 e. The van der Waals surface area contributed by atoms with Gasteiger partial charge in [-0.3, -0.25) is 0 Å². The third-order valence-electron chi connectivity index (χ3n) is 3.68. The van der Waals surface area contributed by atoms with Crippen molar-refractivity contribution in [3.63, 3.8) is 0 Å². The summed E-state index contributed by atoms with van der Waals surface area (Å²) in [4.78, 5) is 0. The summed E-state index contributed by atoms with van der Waals surface area (Å²) in [5.41, 5.74) is 2.48. The van der Waals surface area contributed by atoms with Crippen LogP contribution in [0.1, 0.15) is 38.2 Å². The molecule has 1 N–H and O–H groups in total. The highest BCUT2D eigenvalue weighted by molar-refractivity contribution is 6.30. The lowest BCUT2D eigenvalue weighted by atomic mass is 10.1. The second-order valence-corrected chi connectivity index (χ2v) is 5.32. The maximum atomic E-state index is 6.02. The molecular formula is C14H20ClN. The number of hydrogen-bond donors (Lipinski definition) is 1. The van der Waals surface area contributed by atoms with Gasteiger partial charge in [-0.05, 0) is 49.8 Å². The summed E-state index contributed by atoms with van der Waals surface area (Å²) in [5.74, 6) is 0.914. The topological polar surface area (TPSA) is 12.0 Å². The first-order valence-electron chi connectivity index (χ1n) is 6.21. The Morgan fingerprint density at radius 2 is 2.19 bits per heavy atom. The number of rotatable bonds is 3. The van der Waals surface area contributed by atoms with Crippen molar-refractivity contribution < 1.29 is 0 Å². The fourth-order valence-corrected chi connectivity index (χ4v) is 2.72. The molecule has 88 valence electrons. The summed E-state index contributed by atoms with van der Waals surface area (Å²) in [6, 6.07) is 6.71. The van der Waals surface area contributed by atoms with Gasteiger partial charge in [-0.15, -0.1) is 0 Å². The molecule has 1 aliphatic rings. The molecule has 1 aromatic rings. The normalized spacial score (nSPS) is 24.7. The molecule has 1 fully saturated rings. The summed E-state index contributed by atoms with van der Waals surface area (Å²) in [6.07, 6.45) is 5.29. The van der Waals surface area contributed by atoms with E-state index >= 15 is 0 Å². The Balaban J connectivity index is 2.01. The fourth-order valence-electron chi connectivity index (χ4n) is 2.55. The van der Waals surface area contributed by atoms with Gasteiger partial charge < -0.3 is 5.32 Å². The van der Waals surface area contributed by atoms with Crippen LogP contribution in [0.25, 0.3) is 0 Å². The fraction of sp³-hybridized carbons (Fsp3) is 0.571. The lowest BCUT2D eigenvalue weighted by Crippen LogP contribution is -2.16. The van der Waals surface area contributed by atoms with Crippen LogP contribution in [0.2, 0.25) is 5.02 Å². The van der Waals surface area contributed by atoms with E-state index in [2.05, 4.69) is 25.2 Å². The predicted molar refractivity (Wildman–Crippen MR) is 71.2 cm³/mol. The number of anilines is 1. The Morgan fingerprint density at radius 1 is 1.38 bits per heavy atom. The van der Waals surface area contributed by atoms with Crippen LogP contribution in [0, 0.1) is 12.8 Å². The summed E-state index contributed by atoms with van der Waals surface area (Å²) in [7, 11) is 0. The number of halogens is 1. The van der Waals surface area contributed by atoms with Crippen molar-refractivity contribution in [1.82, 2.24) is 0 Å². The lowest BCUT2D eigenvalue weighted by Gasteiger charge is -2.16. The van der Waals surface area contributed by atoms with E-state index in [1.54, 1.807) is 0 Å². The lowest BCUT2D eigenvalue weighted by molar-refractivity contribution is 0.525. The minimum Gasteiger partial charge on any atom is -0.382 e. The molecule has 0 amide bonds. The van der Waals surface area contributed by atoms with Gasteiger partial charge in [-0.2, -0.15) is 0 Å². The average Bonchev–Trinajstić information content (AvgIpc) is 2.71. The number of hydrogen-bond acceptors (Lipinski definition) is 1. The van der Waals surface area contributed by atoms with E-state index in [4.69, 9.17) is 11.6 Å². The van der Waals surface area contributed by atoms with Crippen molar-refractivity contribution >= 4 is 17.3 Å². The van der Waals surface area contributed by atoms with Gasteiger partial charge in [-0.1, -0.05) is 31.0 Å². The second-order valence-electron chi connectivity index (χ2n) is 4.89. The molecule has 1 nitrogen and oxygen atoms in total. The van der Waals surface area contributed by atoms with Gasteiger partial charge in [0.25, 0.3) is 0 Å². The number of benzene rings is 1. The van der Waals surface area contributed by atoms with Gasteiger partial charge in [0.15, 0.2) is 0 Å². The molecule has 2 unspecified atom stereocenters. The van der Waals surface area contributed by atoms with Crippen LogP contribution < -0.4 is 5.32 Å². The first-order chi connectivity index (χ1) is 7.69. The van der Waals surface area contributed by atoms with Crippen molar-refractivity contribution in [2.24, 2.45) is 5.92 Å². The highest BCUT2D eigenvalue weighted by Gasteiger charge is 2.23. The molecule has 0 saturated heterocycles. The molecule has 2 rings (SSSR count). The highest BCUT2D eigenvalue weighted by Crippen LogP contribution is 2.31. The molecular weight excluding hydrogens is 218 g/mol. The molecule has 2 atom stereocenters. The Hall–Kier alpha value is -0.690. The third kappa shape index (κ3) is 2.70. The van der Waals surface area contributed by atoms with Gasteiger partial charge in [0.2, 0.25) is 0 Å². The molecule has 1 aromatic carbocycles. The smallest absolute Gasteiger partial charge is 0.0426 e. The molecule has 1 aliphatic carbocycles. The van der Waals surface area contributed by atoms with Crippen LogP contribution in [-0.4, -0.2) is 6.04 Å². The second kappa shape index (κ2) is 5.09. The Labute approximate surface area is 103 Å². The Morgan fingerprint density at radius 3 is 2.88 bits per heavy atom. The molecule has 0 aliphatic heterocycles. The minimum absolute atomic E-state index is 0.641. The predicted octanol–water partition coefficient (Wildman–Crippen LogP) is 4.64. The maximum absolute atomic E-state index is 6.02. The molecule has 16 heavy (non-hydrogen) atoms. The van der Waals surface area contributed by atoms with E-state index in [0.717, 1.165) is 10.9 Å². The van der Waals surface area contributed by atoms with E-state index in [-0.39, 0.29) is 0 Å². The molecule has 2 heteroatoms. The number of nitrogens with one attached hydrogen (secondary N) is 1. The van der Waals surface area contributed by atoms with Crippen molar-refractivity contribution in [2.75, 3.05) is 5.32 Å². The van der Waals surface area contributed by atoms with Gasteiger partial charge in [0.05, 0.1) is 0 Å². The van der Waals surface area contributed by atoms with Crippen LogP contribution in [-0.2, 0) is 0 Å². The van der Waals surface area contributed by atoms with Crippen molar-refractivity contribution in [2.45, 2.75) is 45.6 Å². The zero-order chi connectivity index (χ0) is 11.5. The summed E-state index contributed by atoms with van der Waals surface area (Å²) in [6.45, 7) is 4.42. The Kier molecular flexibility index (Phi) is 3.75. The molecule has 0 aromatic heterocycles. The van der Waals surface area contributed by atoms with E-state index in [1.807, 2.05) is 12.1 Å². The van der Waals surface area contributed by atoms with Crippen molar-refractivity contribution in [1.29, 1.82) is 0 Å². The van der Waals surface area contributed by atoms with Crippen LogP contribution in [0.15, 0.2) is 18.2 Å². The highest BCUT2D eigenvalue weighted by atomic mass is 35.5. The van der Waals surface area contributed by atoms with Crippen molar-refractivity contribution in [3.05, 3.63) is 28.8 Å². The quantitative estimate of drug-likeness (QED) is 0.808. The Bertz CT molecular complexity index is 362. The molecule has 0 spiro atoms. The third-order valence-corrected chi connectivity index (χ3v) is 3.91. The zero-order valence-corrected chi connectivity index (χ0v) is 10.8. The minimum atomic E-state index is 0.641. The molecule has 0 bridgehead atoms. The monoisotopic (exact) mass is 237 g/mol. The molecule has 0 heterocycles.